The largest absolute Gasteiger partial charge is 0.493 e. The lowest BCUT2D eigenvalue weighted by molar-refractivity contribution is 0.185. The maximum absolute atomic E-state index is 11.7. The number of fused-ring (bicyclic) bond motifs is 1. The summed E-state index contributed by atoms with van der Waals surface area (Å²) in [7, 11) is 0. The molecule has 18 heavy (non-hydrogen) atoms. The third kappa shape index (κ3) is 3.13. The summed E-state index contributed by atoms with van der Waals surface area (Å²) in [6.45, 7) is 2.47. The third-order valence-corrected chi connectivity index (χ3v) is 2.82. The molecule has 0 saturated heterocycles. The minimum absolute atomic E-state index is 0.0380. The molecule has 0 fully saturated rings. The van der Waals surface area contributed by atoms with Crippen LogP contribution in [0.4, 0.5) is 4.79 Å². The molecule has 0 saturated carbocycles. The minimum Gasteiger partial charge on any atom is -0.493 e. The predicted molar refractivity (Wildman–Crippen MR) is 67.5 cm³/mol. The highest BCUT2D eigenvalue weighted by Gasteiger charge is 2.22. The molecule has 0 spiro atoms. The topological polar surface area (TPSA) is 70.6 Å². The van der Waals surface area contributed by atoms with Crippen molar-refractivity contribution in [3.8, 4) is 5.75 Å². The van der Waals surface area contributed by atoms with Gasteiger partial charge in [0.1, 0.15) is 5.75 Å². The van der Waals surface area contributed by atoms with E-state index in [1.54, 1.807) is 6.92 Å². The fraction of sp³-hybridized carbons (Fsp3) is 0.462. The SMILES string of the molecule is C[C@H](O)CNC(=O)N[C@H]1CCOc2ccccc21. The van der Waals surface area contributed by atoms with E-state index in [4.69, 9.17) is 9.84 Å². The average Bonchev–Trinajstić information content (AvgIpc) is 2.37. The second-order valence-electron chi connectivity index (χ2n) is 4.43. The molecule has 1 aliphatic rings. The molecular weight excluding hydrogens is 232 g/mol. The summed E-state index contributed by atoms with van der Waals surface area (Å²) in [6, 6.07) is 7.39. The van der Waals surface area contributed by atoms with Crippen LogP contribution in [0.15, 0.2) is 24.3 Å². The van der Waals surface area contributed by atoms with Crippen molar-refractivity contribution in [2.24, 2.45) is 0 Å². The van der Waals surface area contributed by atoms with Gasteiger partial charge in [-0.05, 0) is 13.0 Å². The molecule has 0 radical (unpaired) electrons. The minimum atomic E-state index is -0.544. The van der Waals surface area contributed by atoms with E-state index >= 15 is 0 Å². The fourth-order valence-corrected chi connectivity index (χ4v) is 1.94. The van der Waals surface area contributed by atoms with E-state index in [0.29, 0.717) is 6.61 Å². The molecule has 5 heteroatoms. The fourth-order valence-electron chi connectivity index (χ4n) is 1.94. The number of urea groups is 1. The maximum Gasteiger partial charge on any atom is 0.315 e. The summed E-state index contributed by atoms with van der Waals surface area (Å²) in [5, 5.41) is 14.6. The molecule has 0 unspecified atom stereocenters. The Morgan fingerprint density at radius 1 is 1.56 bits per heavy atom. The summed E-state index contributed by atoms with van der Waals surface area (Å²) in [5.41, 5.74) is 0.996. The Labute approximate surface area is 106 Å². The monoisotopic (exact) mass is 250 g/mol. The number of carbonyl (C=O) groups is 1. The first-order valence-electron chi connectivity index (χ1n) is 6.11. The van der Waals surface area contributed by atoms with Crippen molar-refractivity contribution >= 4 is 6.03 Å². The van der Waals surface area contributed by atoms with E-state index in [9.17, 15) is 4.79 Å². The zero-order chi connectivity index (χ0) is 13.0. The Kier molecular flexibility index (Phi) is 4.04. The quantitative estimate of drug-likeness (QED) is 0.754. The Morgan fingerprint density at radius 3 is 3.11 bits per heavy atom. The number of amides is 2. The van der Waals surface area contributed by atoms with Gasteiger partial charge in [-0.3, -0.25) is 0 Å². The Bertz CT molecular complexity index is 420. The third-order valence-electron chi connectivity index (χ3n) is 2.82. The van der Waals surface area contributed by atoms with Gasteiger partial charge in [-0.2, -0.15) is 0 Å². The van der Waals surface area contributed by atoms with Crippen LogP contribution in [0.5, 0.6) is 5.75 Å². The van der Waals surface area contributed by atoms with Gasteiger partial charge in [0.25, 0.3) is 0 Å². The van der Waals surface area contributed by atoms with Crippen LogP contribution in [0.1, 0.15) is 24.9 Å². The Morgan fingerprint density at radius 2 is 2.33 bits per heavy atom. The normalized spacial score (nSPS) is 19.3. The molecule has 0 aromatic heterocycles. The van der Waals surface area contributed by atoms with E-state index in [1.807, 2.05) is 24.3 Å². The first-order chi connectivity index (χ1) is 8.66. The Hall–Kier alpha value is -1.75. The van der Waals surface area contributed by atoms with Crippen molar-refractivity contribution in [1.82, 2.24) is 10.6 Å². The summed E-state index contributed by atoms with van der Waals surface area (Å²) < 4.78 is 5.52. The molecule has 2 atom stereocenters. The number of carbonyl (C=O) groups excluding carboxylic acids is 1. The molecule has 1 aromatic carbocycles. The van der Waals surface area contributed by atoms with E-state index in [0.717, 1.165) is 17.7 Å². The molecule has 0 bridgehead atoms. The van der Waals surface area contributed by atoms with Crippen LogP contribution in [0.2, 0.25) is 0 Å². The summed E-state index contributed by atoms with van der Waals surface area (Å²) in [5.74, 6) is 0.824. The zero-order valence-electron chi connectivity index (χ0n) is 10.3. The molecular formula is C13H18N2O3. The summed E-state index contributed by atoms with van der Waals surface area (Å²) in [4.78, 5) is 11.7. The highest BCUT2D eigenvalue weighted by molar-refractivity contribution is 5.74. The number of aliphatic hydroxyl groups excluding tert-OH is 1. The molecule has 0 aliphatic carbocycles. The zero-order valence-corrected chi connectivity index (χ0v) is 10.3. The number of para-hydroxylation sites is 1. The lowest BCUT2D eigenvalue weighted by atomic mass is 10.0. The van der Waals surface area contributed by atoms with Gasteiger partial charge in [0.2, 0.25) is 0 Å². The number of ether oxygens (including phenoxy) is 1. The average molecular weight is 250 g/mol. The number of nitrogens with one attached hydrogen (secondary N) is 2. The predicted octanol–water partition coefficient (Wildman–Crippen LogP) is 1.19. The molecule has 2 amide bonds. The van der Waals surface area contributed by atoms with Crippen LogP contribution in [0.3, 0.4) is 0 Å². The van der Waals surface area contributed by atoms with Gasteiger partial charge in [-0.15, -0.1) is 0 Å². The first kappa shape index (κ1) is 12.7. The van der Waals surface area contributed by atoms with Gasteiger partial charge in [0.05, 0.1) is 18.8 Å². The van der Waals surface area contributed by atoms with Gasteiger partial charge in [0, 0.05) is 18.5 Å². The summed E-state index contributed by atoms with van der Waals surface area (Å²) in [6.07, 6.45) is 0.205. The smallest absolute Gasteiger partial charge is 0.315 e. The number of benzene rings is 1. The van der Waals surface area contributed by atoms with Gasteiger partial charge >= 0.3 is 6.03 Å². The number of aliphatic hydroxyl groups is 1. The van der Waals surface area contributed by atoms with Crippen LogP contribution in [0, 0.1) is 0 Å². The van der Waals surface area contributed by atoms with Crippen LogP contribution < -0.4 is 15.4 Å². The van der Waals surface area contributed by atoms with E-state index in [-0.39, 0.29) is 18.6 Å². The van der Waals surface area contributed by atoms with E-state index in [2.05, 4.69) is 10.6 Å². The molecule has 1 aliphatic heterocycles. The van der Waals surface area contributed by atoms with Crippen molar-refractivity contribution in [3.05, 3.63) is 29.8 Å². The molecule has 3 N–H and O–H groups in total. The van der Waals surface area contributed by atoms with Gasteiger partial charge in [-0.1, -0.05) is 18.2 Å². The van der Waals surface area contributed by atoms with Gasteiger partial charge < -0.3 is 20.5 Å². The molecule has 1 aromatic rings. The number of rotatable bonds is 3. The van der Waals surface area contributed by atoms with Crippen molar-refractivity contribution in [3.63, 3.8) is 0 Å². The van der Waals surface area contributed by atoms with Crippen molar-refractivity contribution in [2.45, 2.75) is 25.5 Å². The van der Waals surface area contributed by atoms with Crippen LogP contribution >= 0.6 is 0 Å². The maximum atomic E-state index is 11.7. The highest BCUT2D eigenvalue weighted by Crippen LogP contribution is 2.31. The highest BCUT2D eigenvalue weighted by atomic mass is 16.5. The standard InChI is InChI=1S/C13H18N2O3/c1-9(16)8-14-13(17)15-11-6-7-18-12-5-3-2-4-10(11)12/h2-5,9,11,16H,6-8H2,1H3,(H2,14,15,17)/t9-,11-/m0/s1. The van der Waals surface area contributed by atoms with Gasteiger partial charge in [0.15, 0.2) is 0 Å². The number of hydrogen-bond donors (Lipinski definition) is 3. The second kappa shape index (κ2) is 5.73. The lowest BCUT2D eigenvalue weighted by Crippen LogP contribution is -2.42. The second-order valence-corrected chi connectivity index (χ2v) is 4.43. The summed E-state index contributed by atoms with van der Waals surface area (Å²) >= 11 is 0. The van der Waals surface area contributed by atoms with Crippen LogP contribution in [-0.4, -0.2) is 30.4 Å². The van der Waals surface area contributed by atoms with Crippen molar-refractivity contribution in [1.29, 1.82) is 0 Å². The number of hydrogen-bond acceptors (Lipinski definition) is 3. The van der Waals surface area contributed by atoms with Gasteiger partial charge in [-0.25, -0.2) is 4.79 Å². The van der Waals surface area contributed by atoms with Crippen molar-refractivity contribution < 1.29 is 14.6 Å². The van der Waals surface area contributed by atoms with Crippen LogP contribution in [-0.2, 0) is 0 Å². The van der Waals surface area contributed by atoms with Crippen LogP contribution in [0.25, 0.3) is 0 Å². The van der Waals surface area contributed by atoms with Crippen molar-refractivity contribution in [2.75, 3.05) is 13.2 Å². The Balaban J connectivity index is 1.96. The first-order valence-corrected chi connectivity index (χ1v) is 6.11. The lowest BCUT2D eigenvalue weighted by Gasteiger charge is -2.26. The molecule has 98 valence electrons. The molecule has 5 nitrogen and oxygen atoms in total. The molecule has 2 rings (SSSR count). The van der Waals surface area contributed by atoms with E-state index < -0.39 is 6.10 Å². The van der Waals surface area contributed by atoms with E-state index in [1.165, 1.54) is 0 Å². The molecule has 1 heterocycles.